The lowest BCUT2D eigenvalue weighted by Gasteiger charge is -2.30. The third-order valence-electron chi connectivity index (χ3n) is 8.08. The maximum atomic E-state index is 14.0. The number of aromatic amines is 1. The highest BCUT2D eigenvalue weighted by Crippen LogP contribution is 2.53. The van der Waals surface area contributed by atoms with Gasteiger partial charge in [0.25, 0.3) is 11.6 Å². The van der Waals surface area contributed by atoms with Crippen molar-refractivity contribution in [3.05, 3.63) is 115 Å². The second-order valence-electron chi connectivity index (χ2n) is 10.8. The Labute approximate surface area is 274 Å². The van der Waals surface area contributed by atoms with Gasteiger partial charge < -0.3 is 19.8 Å². The Morgan fingerprint density at radius 1 is 0.957 bits per heavy atom. The number of amides is 3. The van der Waals surface area contributed by atoms with Crippen molar-refractivity contribution >= 4 is 68.7 Å². The molecule has 47 heavy (non-hydrogen) atoms. The summed E-state index contributed by atoms with van der Waals surface area (Å²) in [5, 5.41) is 15.7. The maximum Gasteiger partial charge on any atom is 0.305 e. The molecule has 2 N–H and O–H groups in total. The van der Waals surface area contributed by atoms with E-state index in [-0.39, 0.29) is 34.5 Å². The number of hydrogen-bond acceptors (Lipinski definition) is 10. The number of H-pyrrole nitrogens is 1. The van der Waals surface area contributed by atoms with Gasteiger partial charge >= 0.3 is 4.87 Å². The number of benzene rings is 4. The largest absolute Gasteiger partial charge is 0.493 e. The fourth-order valence-corrected chi connectivity index (χ4v) is 8.47. The molecule has 1 saturated heterocycles. The van der Waals surface area contributed by atoms with E-state index in [1.807, 2.05) is 42.5 Å². The highest BCUT2D eigenvalue weighted by molar-refractivity contribution is 8.00. The minimum absolute atomic E-state index is 0.169. The summed E-state index contributed by atoms with van der Waals surface area (Å²) < 4.78 is 11.4. The lowest BCUT2D eigenvalue weighted by Crippen LogP contribution is -2.32. The zero-order valence-corrected chi connectivity index (χ0v) is 26.1. The van der Waals surface area contributed by atoms with Crippen LogP contribution >= 0.6 is 23.1 Å². The smallest absolute Gasteiger partial charge is 0.305 e. The van der Waals surface area contributed by atoms with Gasteiger partial charge in [-0.2, -0.15) is 0 Å². The molecule has 2 unspecified atom stereocenters. The van der Waals surface area contributed by atoms with E-state index >= 15 is 0 Å². The molecule has 3 atom stereocenters. The number of thioether (sulfide) groups is 1. The van der Waals surface area contributed by atoms with E-state index in [4.69, 9.17) is 9.47 Å². The van der Waals surface area contributed by atoms with Crippen molar-refractivity contribution in [2.24, 2.45) is 5.92 Å². The monoisotopic (exact) mass is 668 g/mol. The number of nitrogens with one attached hydrogen (secondary N) is 2. The first kappa shape index (κ1) is 30.2. The van der Waals surface area contributed by atoms with Gasteiger partial charge in [-0.25, -0.2) is 4.90 Å². The van der Waals surface area contributed by atoms with Crippen molar-refractivity contribution in [3.63, 3.8) is 0 Å². The number of hydrogen-bond donors (Lipinski definition) is 2. The number of fused-ring (bicyclic) bond motifs is 3. The zero-order valence-electron chi connectivity index (χ0n) is 24.5. The summed E-state index contributed by atoms with van der Waals surface area (Å²) in [6.07, 6.45) is 0. The molecule has 14 heteroatoms. The first-order valence-electron chi connectivity index (χ1n) is 14.3. The van der Waals surface area contributed by atoms with Crippen LogP contribution in [-0.2, 0) is 14.4 Å². The van der Waals surface area contributed by atoms with Crippen LogP contribution < -0.4 is 24.6 Å². The van der Waals surface area contributed by atoms with Crippen molar-refractivity contribution in [2.75, 3.05) is 23.9 Å². The van der Waals surface area contributed by atoms with Crippen LogP contribution in [0.3, 0.4) is 0 Å². The van der Waals surface area contributed by atoms with Crippen molar-refractivity contribution < 1.29 is 28.8 Å². The quantitative estimate of drug-likeness (QED) is 0.127. The van der Waals surface area contributed by atoms with Crippen molar-refractivity contribution in [3.8, 4) is 11.5 Å². The number of aromatic nitrogens is 1. The molecule has 3 heterocycles. The zero-order chi connectivity index (χ0) is 32.8. The van der Waals surface area contributed by atoms with Gasteiger partial charge in [0.05, 0.1) is 28.7 Å². The summed E-state index contributed by atoms with van der Waals surface area (Å²) in [5.41, 5.74) is 1.29. The van der Waals surface area contributed by atoms with Crippen LogP contribution in [0.2, 0.25) is 0 Å². The van der Waals surface area contributed by atoms with Crippen LogP contribution in [0.5, 0.6) is 11.5 Å². The van der Waals surface area contributed by atoms with Gasteiger partial charge in [-0.05, 0) is 52.7 Å². The number of non-ortho nitro benzene ring substituents is 1. The van der Waals surface area contributed by atoms with Crippen molar-refractivity contribution in [1.82, 2.24) is 4.98 Å². The van der Waals surface area contributed by atoms with E-state index in [1.165, 1.54) is 31.4 Å². The number of ether oxygens (including phenoxy) is 2. The highest BCUT2D eigenvalue weighted by Gasteiger charge is 2.56. The Kier molecular flexibility index (Phi) is 7.74. The predicted octanol–water partition coefficient (Wildman–Crippen LogP) is 5.32. The molecule has 1 aromatic heterocycles. The third-order valence-corrected chi connectivity index (χ3v) is 10.5. The Morgan fingerprint density at radius 2 is 1.72 bits per heavy atom. The lowest BCUT2D eigenvalue weighted by atomic mass is 9.83. The van der Waals surface area contributed by atoms with Gasteiger partial charge in [-0.1, -0.05) is 59.5 Å². The van der Waals surface area contributed by atoms with Crippen LogP contribution in [0.15, 0.2) is 94.7 Å². The highest BCUT2D eigenvalue weighted by atomic mass is 32.2. The summed E-state index contributed by atoms with van der Waals surface area (Å²) in [5.74, 6) is -2.31. The molecule has 0 spiro atoms. The molecule has 0 bridgehead atoms. The minimum Gasteiger partial charge on any atom is -0.493 e. The summed E-state index contributed by atoms with van der Waals surface area (Å²) in [6, 6.07) is 23.6. The number of nitro groups is 1. The van der Waals surface area contributed by atoms with Crippen LogP contribution in [-0.4, -0.2) is 46.6 Å². The molecule has 7 rings (SSSR count). The van der Waals surface area contributed by atoms with Gasteiger partial charge in [0, 0.05) is 28.6 Å². The maximum absolute atomic E-state index is 14.0. The van der Waals surface area contributed by atoms with E-state index in [2.05, 4.69) is 10.3 Å². The summed E-state index contributed by atoms with van der Waals surface area (Å²) in [6.45, 7) is -0.298. The van der Waals surface area contributed by atoms with Gasteiger partial charge in [0.1, 0.15) is 5.25 Å². The van der Waals surface area contributed by atoms with E-state index in [0.717, 1.165) is 38.8 Å². The van der Waals surface area contributed by atoms with E-state index in [0.29, 0.717) is 26.9 Å². The number of nitrogens with zero attached hydrogens (tertiary/aromatic N) is 2. The molecule has 2 aliphatic heterocycles. The molecule has 4 aromatic carbocycles. The molecule has 0 saturated carbocycles. The van der Waals surface area contributed by atoms with Crippen LogP contribution in [0.1, 0.15) is 16.4 Å². The Balaban J connectivity index is 1.15. The molecule has 1 fully saturated rings. The van der Waals surface area contributed by atoms with E-state index in [9.17, 15) is 29.3 Å². The molecule has 2 aliphatic rings. The average molecular weight is 669 g/mol. The predicted molar refractivity (Wildman–Crippen MR) is 177 cm³/mol. The minimum atomic E-state index is -0.870. The Hall–Kier alpha value is -5.47. The normalized spacial score (nSPS) is 18.5. The summed E-state index contributed by atoms with van der Waals surface area (Å²) in [4.78, 5) is 67.5. The Morgan fingerprint density at radius 3 is 2.47 bits per heavy atom. The molecule has 3 amide bonds. The number of rotatable bonds is 8. The van der Waals surface area contributed by atoms with Gasteiger partial charge in [-0.15, -0.1) is 0 Å². The topological polar surface area (TPSA) is 161 Å². The molecular formula is C33H24N4O8S2. The lowest BCUT2D eigenvalue weighted by molar-refractivity contribution is -0.384. The van der Waals surface area contributed by atoms with E-state index in [1.54, 1.807) is 18.2 Å². The summed E-state index contributed by atoms with van der Waals surface area (Å²) >= 11 is 2.09. The number of nitro benzene ring substituents is 1. The molecule has 236 valence electrons. The van der Waals surface area contributed by atoms with E-state index < -0.39 is 33.8 Å². The van der Waals surface area contributed by atoms with Crippen LogP contribution in [0.4, 0.5) is 17.1 Å². The van der Waals surface area contributed by atoms with Crippen molar-refractivity contribution in [2.45, 2.75) is 16.2 Å². The molecule has 12 nitrogen and oxygen atoms in total. The van der Waals surface area contributed by atoms with Gasteiger partial charge in [0.15, 0.2) is 18.1 Å². The molecule has 0 radical (unpaired) electrons. The molecule has 0 aliphatic carbocycles. The molecule has 5 aromatic rings. The van der Waals surface area contributed by atoms with Gasteiger partial charge in [-0.3, -0.25) is 29.3 Å². The SMILES string of the molecule is COc1cc([C@H]2c3sc(=O)[nH]c3SC3C(=O)N(c4ccc([N+](=O)[O-])cc4)C(=O)C32)ccc1OCC(=O)Nc1ccc2ccccc2c1. The van der Waals surface area contributed by atoms with Gasteiger partial charge in [0.2, 0.25) is 11.8 Å². The van der Waals surface area contributed by atoms with Crippen LogP contribution in [0, 0.1) is 16.0 Å². The third kappa shape index (κ3) is 5.51. The Bertz CT molecular complexity index is 2140. The average Bonchev–Trinajstić information content (AvgIpc) is 3.57. The second-order valence-corrected chi connectivity index (χ2v) is 13.0. The standard InChI is InChI=1S/C33H24N4O8S2/c1-44-24-15-19(7-13-23(24)45-16-25(38)34-20-8-6-17-4-2-3-5-18(17)14-20)26-27-29(46-30-28(26)47-33(41)35-30)32(40)36(31(27)39)21-9-11-22(12-10-21)37(42)43/h2-15,26-27,29H,16H2,1H3,(H,34,38)(H,35,41)/t26-,27?,29?/m1/s1. The van der Waals surface area contributed by atoms with Crippen molar-refractivity contribution in [1.29, 1.82) is 0 Å². The summed E-state index contributed by atoms with van der Waals surface area (Å²) in [7, 11) is 1.45. The first-order chi connectivity index (χ1) is 22.7. The molecular weight excluding hydrogens is 645 g/mol. The fourth-order valence-electron chi connectivity index (χ4n) is 5.96. The number of methoxy groups -OCH3 is 1. The number of thiazole rings is 1. The fraction of sp³-hybridized carbons (Fsp3) is 0.152. The second kappa shape index (κ2) is 12.0. The first-order valence-corrected chi connectivity index (χ1v) is 16.0. The number of carbonyl (C=O) groups is 3. The number of carbonyl (C=O) groups excluding carboxylic acids is 3. The number of imide groups is 1. The number of anilines is 2. The van der Waals surface area contributed by atoms with Crippen LogP contribution in [0.25, 0.3) is 10.8 Å².